The average molecular weight is 278 g/mol. The maximum absolute atomic E-state index is 12.4. The number of carbonyl (C=O) groups excluding carboxylic acids is 1. The fraction of sp³-hybridized carbons (Fsp3) is 0.786. The van der Waals surface area contributed by atoms with Gasteiger partial charge in [0.2, 0.25) is 0 Å². The Bertz CT molecular complexity index is 347. The Labute approximate surface area is 112 Å². The van der Waals surface area contributed by atoms with E-state index < -0.39 is 23.8 Å². The topological polar surface area (TPSA) is 26.3 Å². The highest BCUT2D eigenvalue weighted by Crippen LogP contribution is 2.36. The second-order valence-corrected chi connectivity index (χ2v) is 5.75. The van der Waals surface area contributed by atoms with Gasteiger partial charge in [0.1, 0.15) is 11.7 Å². The van der Waals surface area contributed by atoms with Gasteiger partial charge in [-0.2, -0.15) is 13.2 Å². The molecule has 1 unspecified atom stereocenters. The van der Waals surface area contributed by atoms with Crippen LogP contribution in [0.15, 0.2) is 12.2 Å². The smallest absolute Gasteiger partial charge is 0.422 e. The Morgan fingerprint density at radius 1 is 1.32 bits per heavy atom. The predicted molar refractivity (Wildman–Crippen MR) is 66.4 cm³/mol. The summed E-state index contributed by atoms with van der Waals surface area (Å²) in [6.45, 7) is 8.80. The van der Waals surface area contributed by atoms with Gasteiger partial charge in [0, 0.05) is 0 Å². The lowest BCUT2D eigenvalue weighted by atomic mass is 9.75. The van der Waals surface area contributed by atoms with E-state index in [0.29, 0.717) is 12.3 Å². The molecule has 0 heterocycles. The molecule has 5 heteroatoms. The number of rotatable bonds is 3. The average Bonchev–Trinajstić information content (AvgIpc) is 2.26. The highest BCUT2D eigenvalue weighted by molar-refractivity contribution is 5.89. The van der Waals surface area contributed by atoms with Crippen LogP contribution in [0.5, 0.6) is 0 Å². The molecule has 110 valence electrons. The van der Waals surface area contributed by atoms with E-state index in [0.717, 1.165) is 12.8 Å². The molecule has 0 radical (unpaired) electrons. The minimum absolute atomic E-state index is 0.126. The summed E-state index contributed by atoms with van der Waals surface area (Å²) in [7, 11) is 0. The van der Waals surface area contributed by atoms with Crippen LogP contribution in [0.25, 0.3) is 0 Å². The summed E-state index contributed by atoms with van der Waals surface area (Å²) >= 11 is 0. The molecule has 19 heavy (non-hydrogen) atoms. The summed E-state index contributed by atoms with van der Waals surface area (Å²) in [5, 5.41) is 0. The van der Waals surface area contributed by atoms with E-state index in [1.54, 1.807) is 0 Å². The number of hydrogen-bond donors (Lipinski definition) is 0. The molecular weight excluding hydrogens is 257 g/mol. The Hall–Kier alpha value is -1.00. The molecule has 1 saturated carbocycles. The Kier molecular flexibility index (Phi) is 5.04. The SMILES string of the molecule is C=C(C(=O)OC1C[C@H](C)CC[C@H]1C(C)C)C(F)(F)F. The first-order chi connectivity index (χ1) is 8.62. The normalized spacial score (nSPS) is 28.3. The quantitative estimate of drug-likeness (QED) is 0.573. The fourth-order valence-electron chi connectivity index (χ4n) is 2.57. The lowest BCUT2D eigenvalue weighted by molar-refractivity contribution is -0.161. The number of alkyl halides is 3. The third-order valence-electron chi connectivity index (χ3n) is 3.81. The van der Waals surface area contributed by atoms with E-state index in [2.05, 4.69) is 6.58 Å². The number of hydrogen-bond acceptors (Lipinski definition) is 2. The molecule has 0 aromatic carbocycles. The van der Waals surface area contributed by atoms with Crippen LogP contribution in [0.2, 0.25) is 0 Å². The summed E-state index contributed by atoms with van der Waals surface area (Å²) < 4.78 is 42.2. The van der Waals surface area contributed by atoms with Crippen molar-refractivity contribution in [2.24, 2.45) is 17.8 Å². The molecule has 0 amide bonds. The Morgan fingerprint density at radius 2 is 1.89 bits per heavy atom. The zero-order valence-electron chi connectivity index (χ0n) is 11.6. The molecule has 1 rings (SSSR count). The van der Waals surface area contributed by atoms with E-state index in [1.165, 1.54) is 0 Å². The maximum Gasteiger partial charge on any atom is 0.422 e. The van der Waals surface area contributed by atoms with E-state index in [-0.39, 0.29) is 11.8 Å². The molecule has 0 aliphatic heterocycles. The minimum Gasteiger partial charge on any atom is -0.458 e. The molecule has 1 aliphatic carbocycles. The van der Waals surface area contributed by atoms with Gasteiger partial charge in [-0.3, -0.25) is 0 Å². The third kappa shape index (κ3) is 4.25. The number of ether oxygens (including phenoxy) is 1. The molecular formula is C14H21F3O2. The van der Waals surface area contributed by atoms with Gasteiger partial charge in [-0.25, -0.2) is 4.79 Å². The Balaban J connectivity index is 2.71. The molecule has 0 bridgehead atoms. The summed E-state index contributed by atoms with van der Waals surface area (Å²) in [5.74, 6) is -0.560. The van der Waals surface area contributed by atoms with Crippen LogP contribution in [0.4, 0.5) is 13.2 Å². The lowest BCUT2D eigenvalue weighted by Gasteiger charge is -2.36. The van der Waals surface area contributed by atoms with Gasteiger partial charge in [-0.05, 0) is 30.6 Å². The lowest BCUT2D eigenvalue weighted by Crippen LogP contribution is -2.37. The molecule has 2 nitrogen and oxygen atoms in total. The highest BCUT2D eigenvalue weighted by atomic mass is 19.4. The van der Waals surface area contributed by atoms with Gasteiger partial charge in [0.05, 0.1) is 0 Å². The Morgan fingerprint density at radius 3 is 2.37 bits per heavy atom. The van der Waals surface area contributed by atoms with Gasteiger partial charge in [0.25, 0.3) is 0 Å². The molecule has 1 aliphatic rings. The standard InChI is InChI=1S/C14H21F3O2/c1-8(2)11-6-5-9(3)7-12(11)19-13(18)10(4)14(15,16)17/h8-9,11-12H,4-7H2,1-3H3/t9-,11+,12?/m1/s1. The summed E-state index contributed by atoms with van der Waals surface area (Å²) in [5.41, 5.74) is -1.42. The number of esters is 1. The van der Waals surface area contributed by atoms with Crippen molar-refractivity contribution >= 4 is 5.97 Å². The molecule has 0 spiro atoms. The molecule has 0 aromatic rings. The van der Waals surface area contributed by atoms with Crippen LogP contribution in [0.3, 0.4) is 0 Å². The number of halogens is 3. The van der Waals surface area contributed by atoms with Crippen LogP contribution in [0, 0.1) is 17.8 Å². The second kappa shape index (κ2) is 5.97. The minimum atomic E-state index is -4.72. The highest BCUT2D eigenvalue weighted by Gasteiger charge is 2.40. The van der Waals surface area contributed by atoms with Crippen LogP contribution in [-0.4, -0.2) is 18.2 Å². The van der Waals surface area contributed by atoms with Crippen LogP contribution < -0.4 is 0 Å². The molecule has 3 atom stereocenters. The van der Waals surface area contributed by atoms with Crippen molar-refractivity contribution in [3.8, 4) is 0 Å². The summed E-state index contributed by atoms with van der Waals surface area (Å²) in [6.07, 6.45) is -2.62. The van der Waals surface area contributed by atoms with Crippen LogP contribution in [-0.2, 0) is 9.53 Å². The van der Waals surface area contributed by atoms with Crippen molar-refractivity contribution in [2.45, 2.75) is 52.3 Å². The zero-order chi connectivity index (χ0) is 14.8. The van der Waals surface area contributed by atoms with Crippen molar-refractivity contribution in [1.29, 1.82) is 0 Å². The van der Waals surface area contributed by atoms with Gasteiger partial charge in [-0.15, -0.1) is 0 Å². The fourth-order valence-corrected chi connectivity index (χ4v) is 2.57. The predicted octanol–water partition coefficient (Wildman–Crippen LogP) is 4.11. The third-order valence-corrected chi connectivity index (χ3v) is 3.81. The molecule has 1 fully saturated rings. The van der Waals surface area contributed by atoms with E-state index in [9.17, 15) is 18.0 Å². The van der Waals surface area contributed by atoms with Gasteiger partial charge in [-0.1, -0.05) is 33.8 Å². The van der Waals surface area contributed by atoms with E-state index in [1.807, 2.05) is 20.8 Å². The first kappa shape index (κ1) is 16.1. The molecule has 0 aromatic heterocycles. The zero-order valence-corrected chi connectivity index (χ0v) is 11.6. The molecule has 0 N–H and O–H groups in total. The van der Waals surface area contributed by atoms with Crippen molar-refractivity contribution in [3.05, 3.63) is 12.2 Å². The first-order valence-electron chi connectivity index (χ1n) is 6.60. The second-order valence-electron chi connectivity index (χ2n) is 5.75. The monoisotopic (exact) mass is 278 g/mol. The van der Waals surface area contributed by atoms with Gasteiger partial charge in [0.15, 0.2) is 0 Å². The largest absolute Gasteiger partial charge is 0.458 e. The van der Waals surface area contributed by atoms with Crippen LogP contribution >= 0.6 is 0 Å². The maximum atomic E-state index is 12.4. The molecule has 0 saturated heterocycles. The van der Waals surface area contributed by atoms with E-state index >= 15 is 0 Å². The van der Waals surface area contributed by atoms with Crippen molar-refractivity contribution in [2.75, 3.05) is 0 Å². The summed E-state index contributed by atoms with van der Waals surface area (Å²) in [4.78, 5) is 11.5. The summed E-state index contributed by atoms with van der Waals surface area (Å²) in [6, 6.07) is 0. The van der Waals surface area contributed by atoms with Crippen molar-refractivity contribution in [3.63, 3.8) is 0 Å². The van der Waals surface area contributed by atoms with Gasteiger partial charge < -0.3 is 4.74 Å². The number of carbonyl (C=O) groups is 1. The van der Waals surface area contributed by atoms with E-state index in [4.69, 9.17) is 4.74 Å². The first-order valence-corrected chi connectivity index (χ1v) is 6.60. The van der Waals surface area contributed by atoms with Gasteiger partial charge >= 0.3 is 12.1 Å². The van der Waals surface area contributed by atoms with Crippen molar-refractivity contribution in [1.82, 2.24) is 0 Å². The van der Waals surface area contributed by atoms with Crippen molar-refractivity contribution < 1.29 is 22.7 Å². The van der Waals surface area contributed by atoms with Crippen LogP contribution in [0.1, 0.15) is 40.0 Å².